The van der Waals surface area contributed by atoms with Crippen LogP contribution in [0.15, 0.2) is 35.7 Å². The summed E-state index contributed by atoms with van der Waals surface area (Å²) in [6.45, 7) is 9.35. The minimum atomic E-state index is -0.173. The van der Waals surface area contributed by atoms with Crippen LogP contribution in [0.3, 0.4) is 0 Å². The molecule has 0 saturated heterocycles. The molecule has 3 rings (SSSR count). The van der Waals surface area contributed by atoms with Crippen LogP contribution in [0.5, 0.6) is 5.75 Å². The van der Waals surface area contributed by atoms with Crippen LogP contribution in [-0.2, 0) is 20.7 Å². The first-order valence-electron chi connectivity index (χ1n) is 11.7. The number of ether oxygens (including phenoxy) is 2. The summed E-state index contributed by atoms with van der Waals surface area (Å²) in [5, 5.41) is 2.08. The van der Waals surface area contributed by atoms with Crippen LogP contribution in [0, 0.1) is 0 Å². The monoisotopic (exact) mass is 472 g/mol. The molecule has 0 aliphatic carbocycles. The molecule has 0 spiro atoms. The molecule has 1 aliphatic heterocycles. The van der Waals surface area contributed by atoms with Gasteiger partial charge >= 0.3 is 0 Å². The Morgan fingerprint density at radius 2 is 1.91 bits per heavy atom. The van der Waals surface area contributed by atoms with Gasteiger partial charge in [-0.3, -0.25) is 9.59 Å². The average molecular weight is 473 g/mol. The number of hydrogen-bond donors (Lipinski definition) is 0. The first-order valence-corrected chi connectivity index (χ1v) is 12.6. The van der Waals surface area contributed by atoms with E-state index in [-0.39, 0.29) is 37.0 Å². The van der Waals surface area contributed by atoms with Gasteiger partial charge < -0.3 is 19.3 Å². The standard InChI is InChI=1S/C26H36N2O4S/c1-6-19(4)28(26(30)17-31-5)15-25(29)27-13-11-24-22(12-14-33-24)23(27)16-32-21-9-7-20(8-10-21)18(2)3/h7-10,12,14,18-19,23H,6,11,13,15-17H2,1-5H3/t19-,23-/m1/s1. The highest BCUT2D eigenvalue weighted by Gasteiger charge is 2.34. The summed E-state index contributed by atoms with van der Waals surface area (Å²) < 4.78 is 11.2. The van der Waals surface area contributed by atoms with E-state index in [0.29, 0.717) is 19.1 Å². The van der Waals surface area contributed by atoms with Gasteiger partial charge in [0.1, 0.15) is 25.5 Å². The molecule has 2 heterocycles. The minimum absolute atomic E-state index is 0.0226. The van der Waals surface area contributed by atoms with E-state index in [9.17, 15) is 9.59 Å². The summed E-state index contributed by atoms with van der Waals surface area (Å²) in [6, 6.07) is 10.1. The van der Waals surface area contributed by atoms with Crippen molar-refractivity contribution in [2.75, 3.05) is 33.4 Å². The van der Waals surface area contributed by atoms with Crippen LogP contribution in [0.1, 0.15) is 62.1 Å². The van der Waals surface area contributed by atoms with E-state index in [1.54, 1.807) is 16.2 Å². The molecule has 0 saturated carbocycles. The predicted octanol–water partition coefficient (Wildman–Crippen LogP) is 4.65. The van der Waals surface area contributed by atoms with Gasteiger partial charge in [0, 0.05) is 24.6 Å². The summed E-state index contributed by atoms with van der Waals surface area (Å²) in [7, 11) is 1.50. The van der Waals surface area contributed by atoms with Gasteiger partial charge in [-0.25, -0.2) is 0 Å². The van der Waals surface area contributed by atoms with Gasteiger partial charge in [0.05, 0.1) is 6.04 Å². The maximum atomic E-state index is 13.4. The zero-order valence-electron chi connectivity index (χ0n) is 20.4. The lowest BCUT2D eigenvalue weighted by Gasteiger charge is -2.38. The lowest BCUT2D eigenvalue weighted by molar-refractivity contribution is -0.146. The molecule has 1 aromatic heterocycles. The molecule has 1 aromatic carbocycles. The Hall–Kier alpha value is -2.38. The predicted molar refractivity (Wildman–Crippen MR) is 132 cm³/mol. The Bertz CT molecular complexity index is 925. The SMILES string of the molecule is CC[C@@H](C)N(CC(=O)N1CCc2sccc2[C@H]1COc1ccc(C(C)C)cc1)C(=O)COC. The average Bonchev–Trinajstić information content (AvgIpc) is 3.29. The molecule has 180 valence electrons. The second-order valence-electron chi connectivity index (χ2n) is 8.90. The van der Waals surface area contributed by atoms with Gasteiger partial charge in [-0.1, -0.05) is 32.9 Å². The second-order valence-corrected chi connectivity index (χ2v) is 9.90. The van der Waals surface area contributed by atoms with Gasteiger partial charge in [0.2, 0.25) is 11.8 Å². The molecule has 0 bridgehead atoms. The van der Waals surface area contributed by atoms with Gasteiger partial charge in [-0.2, -0.15) is 0 Å². The number of rotatable bonds is 10. The van der Waals surface area contributed by atoms with E-state index < -0.39 is 0 Å². The molecule has 0 N–H and O–H groups in total. The van der Waals surface area contributed by atoms with Crippen molar-refractivity contribution < 1.29 is 19.1 Å². The van der Waals surface area contributed by atoms with Crippen LogP contribution in [0.4, 0.5) is 0 Å². The smallest absolute Gasteiger partial charge is 0.249 e. The first-order chi connectivity index (χ1) is 15.8. The van der Waals surface area contributed by atoms with Gasteiger partial charge in [0.15, 0.2) is 0 Å². The van der Waals surface area contributed by atoms with Gasteiger partial charge in [0.25, 0.3) is 0 Å². The van der Waals surface area contributed by atoms with Gasteiger partial charge in [-0.05, 0) is 60.4 Å². The molecular weight excluding hydrogens is 436 g/mol. The van der Waals surface area contributed by atoms with Crippen molar-refractivity contribution in [3.63, 3.8) is 0 Å². The molecule has 7 heteroatoms. The Labute approximate surface area is 201 Å². The number of carbonyl (C=O) groups is 2. The summed E-state index contributed by atoms with van der Waals surface area (Å²) in [4.78, 5) is 30.9. The molecule has 2 atom stereocenters. The summed E-state index contributed by atoms with van der Waals surface area (Å²) in [6.07, 6.45) is 1.60. The highest BCUT2D eigenvalue weighted by molar-refractivity contribution is 7.10. The van der Waals surface area contributed by atoms with Crippen molar-refractivity contribution in [1.82, 2.24) is 9.80 Å². The zero-order valence-corrected chi connectivity index (χ0v) is 21.2. The number of carbonyl (C=O) groups excluding carboxylic acids is 2. The van der Waals surface area contributed by atoms with Crippen molar-refractivity contribution in [3.05, 3.63) is 51.7 Å². The fraction of sp³-hybridized carbons (Fsp3) is 0.538. The molecule has 2 aromatic rings. The molecule has 0 unspecified atom stereocenters. The first kappa shape index (κ1) is 25.2. The number of thiophene rings is 1. The second kappa shape index (κ2) is 11.7. The number of methoxy groups -OCH3 is 1. The third-order valence-electron chi connectivity index (χ3n) is 6.39. The molecule has 2 amide bonds. The number of hydrogen-bond acceptors (Lipinski definition) is 5. The maximum Gasteiger partial charge on any atom is 0.249 e. The normalized spacial score (nSPS) is 16.4. The van der Waals surface area contributed by atoms with Crippen LogP contribution >= 0.6 is 11.3 Å². The fourth-order valence-electron chi connectivity index (χ4n) is 4.15. The molecule has 6 nitrogen and oxygen atoms in total. The number of nitrogens with zero attached hydrogens (tertiary/aromatic N) is 2. The van der Waals surface area contributed by atoms with Gasteiger partial charge in [-0.15, -0.1) is 11.3 Å². The number of amides is 2. The maximum absolute atomic E-state index is 13.4. The largest absolute Gasteiger partial charge is 0.491 e. The quantitative estimate of drug-likeness (QED) is 0.505. The lowest BCUT2D eigenvalue weighted by Crippen LogP contribution is -2.50. The van der Waals surface area contributed by atoms with Crippen molar-refractivity contribution >= 4 is 23.2 Å². The van der Waals surface area contributed by atoms with Crippen LogP contribution in [-0.4, -0.2) is 61.1 Å². The molecule has 0 radical (unpaired) electrons. The van der Waals surface area contributed by atoms with Crippen LogP contribution < -0.4 is 4.74 Å². The van der Waals surface area contributed by atoms with Crippen molar-refractivity contribution in [2.45, 2.75) is 58.5 Å². The summed E-state index contributed by atoms with van der Waals surface area (Å²) in [5.41, 5.74) is 2.42. The Kier molecular flexibility index (Phi) is 8.92. The van der Waals surface area contributed by atoms with E-state index in [1.807, 2.05) is 30.9 Å². The summed E-state index contributed by atoms with van der Waals surface area (Å²) >= 11 is 1.73. The van der Waals surface area contributed by atoms with E-state index in [2.05, 4.69) is 37.4 Å². The third-order valence-corrected chi connectivity index (χ3v) is 7.38. The van der Waals surface area contributed by atoms with Crippen molar-refractivity contribution in [2.24, 2.45) is 0 Å². The molecular formula is C26H36N2O4S. The number of fused-ring (bicyclic) bond motifs is 1. The third kappa shape index (κ3) is 6.15. The van der Waals surface area contributed by atoms with E-state index >= 15 is 0 Å². The molecule has 0 fully saturated rings. The van der Waals surface area contributed by atoms with E-state index in [1.165, 1.54) is 17.6 Å². The van der Waals surface area contributed by atoms with E-state index in [0.717, 1.165) is 24.2 Å². The lowest BCUT2D eigenvalue weighted by atomic mass is 10.00. The van der Waals surface area contributed by atoms with Crippen LogP contribution in [0.2, 0.25) is 0 Å². The Morgan fingerprint density at radius 3 is 2.55 bits per heavy atom. The summed E-state index contributed by atoms with van der Waals surface area (Å²) in [5.74, 6) is 1.05. The van der Waals surface area contributed by atoms with Crippen LogP contribution in [0.25, 0.3) is 0 Å². The Morgan fingerprint density at radius 1 is 1.18 bits per heavy atom. The number of benzene rings is 1. The highest BCUT2D eigenvalue weighted by atomic mass is 32.1. The van der Waals surface area contributed by atoms with Crippen molar-refractivity contribution in [1.29, 1.82) is 0 Å². The Balaban J connectivity index is 1.76. The molecule has 1 aliphatic rings. The molecule has 33 heavy (non-hydrogen) atoms. The topological polar surface area (TPSA) is 59.1 Å². The fourth-order valence-corrected chi connectivity index (χ4v) is 5.08. The zero-order chi connectivity index (χ0) is 24.0. The highest BCUT2D eigenvalue weighted by Crippen LogP contribution is 2.34. The van der Waals surface area contributed by atoms with Crippen molar-refractivity contribution in [3.8, 4) is 5.75 Å². The minimum Gasteiger partial charge on any atom is -0.491 e. The van der Waals surface area contributed by atoms with E-state index in [4.69, 9.17) is 9.47 Å².